The summed E-state index contributed by atoms with van der Waals surface area (Å²) in [4.78, 5) is 38.4. The summed E-state index contributed by atoms with van der Waals surface area (Å²) >= 11 is 6.40. The van der Waals surface area contributed by atoms with Crippen molar-refractivity contribution in [2.24, 2.45) is 0 Å². The van der Waals surface area contributed by atoms with Crippen LogP contribution in [0.25, 0.3) is 5.76 Å². The molecule has 6 nitrogen and oxygen atoms in total. The van der Waals surface area contributed by atoms with Crippen molar-refractivity contribution in [1.29, 1.82) is 0 Å². The van der Waals surface area contributed by atoms with Gasteiger partial charge in [0.1, 0.15) is 11.6 Å². The summed E-state index contributed by atoms with van der Waals surface area (Å²) in [6.45, 7) is 0. The number of aliphatic hydroxyl groups excluding tert-OH is 1. The van der Waals surface area contributed by atoms with Crippen LogP contribution in [0.1, 0.15) is 22.7 Å². The van der Waals surface area contributed by atoms with E-state index in [0.717, 1.165) is 12.1 Å². The van der Waals surface area contributed by atoms with Crippen LogP contribution in [0, 0.1) is 5.82 Å². The lowest BCUT2D eigenvalue weighted by molar-refractivity contribution is -0.136. The van der Waals surface area contributed by atoms with Crippen LogP contribution < -0.4 is 4.90 Å². The summed E-state index contributed by atoms with van der Waals surface area (Å²) in [5.74, 6) is -3.77. The quantitative estimate of drug-likeness (QED) is 0.322. The largest absolute Gasteiger partial charge is 0.507 e. The second-order valence-corrected chi connectivity index (χ2v) is 7.84. The highest BCUT2D eigenvalue weighted by Gasteiger charge is 2.47. The van der Waals surface area contributed by atoms with E-state index in [2.05, 4.69) is 0 Å². The summed E-state index contributed by atoms with van der Waals surface area (Å²) in [5, 5.41) is 20.2. The molecule has 33 heavy (non-hydrogen) atoms. The minimum Gasteiger partial charge on any atom is -0.507 e. The number of hydrogen-bond acceptors (Lipinski definition) is 4. The Labute approximate surface area is 193 Å². The third-order valence-electron chi connectivity index (χ3n) is 5.33. The Morgan fingerprint density at radius 1 is 0.939 bits per heavy atom. The number of halogens is 2. The number of carbonyl (C=O) groups excluding carboxylic acids is 2. The summed E-state index contributed by atoms with van der Waals surface area (Å²) in [6.07, 6.45) is -0.197. The number of nitrogens with zero attached hydrogens (tertiary/aromatic N) is 1. The topological polar surface area (TPSA) is 94.9 Å². The number of anilines is 1. The first-order chi connectivity index (χ1) is 15.8. The predicted molar refractivity (Wildman–Crippen MR) is 120 cm³/mol. The molecule has 0 aromatic heterocycles. The number of Topliss-reactive ketones (excluding diaryl/α,β-unsaturated/α-hetero) is 1. The van der Waals surface area contributed by atoms with Crippen LogP contribution in [0.4, 0.5) is 10.1 Å². The number of hydrogen-bond donors (Lipinski definition) is 2. The van der Waals surface area contributed by atoms with Crippen molar-refractivity contribution in [3.63, 3.8) is 0 Å². The molecule has 1 fully saturated rings. The third kappa shape index (κ3) is 4.23. The van der Waals surface area contributed by atoms with Gasteiger partial charge < -0.3 is 10.2 Å². The molecular formula is C25H17ClFNO5. The first-order valence-corrected chi connectivity index (χ1v) is 10.3. The number of carboxylic acids is 1. The maximum absolute atomic E-state index is 13.4. The van der Waals surface area contributed by atoms with Crippen molar-refractivity contribution in [2.75, 3.05) is 4.90 Å². The highest BCUT2D eigenvalue weighted by molar-refractivity contribution is 6.52. The highest BCUT2D eigenvalue weighted by atomic mass is 35.5. The average molecular weight is 466 g/mol. The summed E-state index contributed by atoms with van der Waals surface area (Å²) in [5.41, 5.74) is 1.24. The van der Waals surface area contributed by atoms with Crippen molar-refractivity contribution in [3.8, 4) is 0 Å². The van der Waals surface area contributed by atoms with Crippen LogP contribution in [0.5, 0.6) is 0 Å². The Kier molecular flexibility index (Phi) is 5.98. The van der Waals surface area contributed by atoms with Gasteiger partial charge in [-0.15, -0.1) is 0 Å². The van der Waals surface area contributed by atoms with E-state index in [1.165, 1.54) is 29.2 Å². The fraction of sp³-hybridized carbons (Fsp3) is 0.0800. The maximum Gasteiger partial charge on any atom is 0.307 e. The monoisotopic (exact) mass is 465 g/mol. The van der Waals surface area contributed by atoms with Crippen molar-refractivity contribution >= 4 is 40.7 Å². The Hall–Kier alpha value is -3.97. The Morgan fingerprint density at radius 2 is 1.58 bits per heavy atom. The van der Waals surface area contributed by atoms with Gasteiger partial charge in [0.25, 0.3) is 11.7 Å². The molecule has 1 atom stereocenters. The van der Waals surface area contributed by atoms with Gasteiger partial charge in [-0.05, 0) is 53.6 Å². The van der Waals surface area contributed by atoms with E-state index in [0.29, 0.717) is 16.8 Å². The van der Waals surface area contributed by atoms with Gasteiger partial charge in [0.15, 0.2) is 0 Å². The van der Waals surface area contributed by atoms with Gasteiger partial charge in [0.05, 0.1) is 18.0 Å². The molecule has 0 radical (unpaired) electrons. The fourth-order valence-corrected chi connectivity index (χ4v) is 4.04. The Bertz CT molecular complexity index is 1280. The number of benzene rings is 3. The Balaban J connectivity index is 1.89. The van der Waals surface area contributed by atoms with Gasteiger partial charge in [-0.2, -0.15) is 0 Å². The summed E-state index contributed by atoms with van der Waals surface area (Å²) in [6, 6.07) is 16.6. The second kappa shape index (κ2) is 8.88. The van der Waals surface area contributed by atoms with Crippen molar-refractivity contribution in [2.45, 2.75) is 12.5 Å². The zero-order valence-corrected chi connectivity index (χ0v) is 17.8. The minimum atomic E-state index is -1.05. The molecule has 0 bridgehead atoms. The third-order valence-corrected chi connectivity index (χ3v) is 5.68. The number of carboxylic acid groups (broad SMARTS) is 1. The maximum atomic E-state index is 13.4. The van der Waals surface area contributed by atoms with E-state index in [1.807, 2.05) is 0 Å². The van der Waals surface area contributed by atoms with E-state index in [4.69, 9.17) is 16.7 Å². The van der Waals surface area contributed by atoms with Gasteiger partial charge in [-0.25, -0.2) is 4.39 Å². The zero-order chi connectivity index (χ0) is 23.7. The zero-order valence-electron chi connectivity index (χ0n) is 17.0. The SMILES string of the molecule is O=C(O)Cc1ccc(N2C(=O)C(=O)/C(=C(/O)c3ccc(F)cc3)C2c2ccccc2Cl)cc1. The Morgan fingerprint density at radius 3 is 2.18 bits per heavy atom. The van der Waals surface area contributed by atoms with Crippen LogP contribution in [0.2, 0.25) is 5.02 Å². The van der Waals surface area contributed by atoms with Crippen molar-refractivity contribution in [1.82, 2.24) is 0 Å². The average Bonchev–Trinajstić information content (AvgIpc) is 3.05. The molecule has 3 aromatic carbocycles. The normalized spacial score (nSPS) is 17.4. The molecular weight excluding hydrogens is 449 g/mol. The van der Waals surface area contributed by atoms with E-state index in [1.54, 1.807) is 36.4 Å². The molecule has 1 saturated heterocycles. The van der Waals surface area contributed by atoms with Gasteiger partial charge >= 0.3 is 5.97 Å². The van der Waals surface area contributed by atoms with Gasteiger partial charge in [-0.1, -0.05) is 41.9 Å². The molecule has 1 aliphatic rings. The molecule has 166 valence electrons. The summed E-state index contributed by atoms with van der Waals surface area (Å²) < 4.78 is 13.4. The molecule has 1 heterocycles. The summed E-state index contributed by atoms with van der Waals surface area (Å²) in [7, 11) is 0. The number of rotatable bonds is 5. The number of aliphatic carboxylic acids is 1. The van der Waals surface area contributed by atoms with E-state index in [-0.39, 0.29) is 22.6 Å². The molecule has 0 spiro atoms. The lowest BCUT2D eigenvalue weighted by Gasteiger charge is -2.26. The van der Waals surface area contributed by atoms with Gasteiger partial charge in [0, 0.05) is 16.3 Å². The van der Waals surface area contributed by atoms with Crippen molar-refractivity contribution < 1.29 is 29.0 Å². The molecule has 1 unspecified atom stereocenters. The van der Waals surface area contributed by atoms with Crippen LogP contribution in [-0.4, -0.2) is 27.9 Å². The fourth-order valence-electron chi connectivity index (χ4n) is 3.80. The molecule has 0 saturated carbocycles. The second-order valence-electron chi connectivity index (χ2n) is 7.43. The predicted octanol–water partition coefficient (Wildman–Crippen LogP) is 4.73. The number of ketones is 1. The minimum absolute atomic E-state index is 0.170. The smallest absolute Gasteiger partial charge is 0.307 e. The number of aliphatic hydroxyl groups is 1. The first-order valence-electron chi connectivity index (χ1n) is 9.90. The lowest BCUT2D eigenvalue weighted by Crippen LogP contribution is -2.29. The highest BCUT2D eigenvalue weighted by Crippen LogP contribution is 2.44. The molecule has 2 N–H and O–H groups in total. The molecule has 4 rings (SSSR count). The molecule has 3 aromatic rings. The van der Waals surface area contributed by atoms with Crippen LogP contribution in [0.15, 0.2) is 78.4 Å². The molecule has 0 aliphatic carbocycles. The molecule has 8 heteroatoms. The molecule has 1 amide bonds. The van der Waals surface area contributed by atoms with Crippen LogP contribution >= 0.6 is 11.6 Å². The van der Waals surface area contributed by atoms with Gasteiger partial charge in [-0.3, -0.25) is 19.3 Å². The first kappa shape index (κ1) is 22.2. The van der Waals surface area contributed by atoms with Crippen molar-refractivity contribution in [3.05, 3.63) is 106 Å². The van der Waals surface area contributed by atoms with E-state index < -0.39 is 35.3 Å². The molecule has 1 aliphatic heterocycles. The van der Waals surface area contributed by atoms with Crippen LogP contribution in [-0.2, 0) is 20.8 Å². The standard InChI is InChI=1S/C25H17ClFNO5/c26-19-4-2-1-3-18(19)22-21(23(31)15-7-9-16(27)10-8-15)24(32)25(33)28(22)17-11-5-14(6-12-17)13-20(29)30/h1-12,22,31H,13H2,(H,29,30)/b23-21+. The number of amides is 1. The number of carbonyl (C=O) groups is 3. The van der Waals surface area contributed by atoms with E-state index >= 15 is 0 Å². The van der Waals surface area contributed by atoms with Crippen LogP contribution in [0.3, 0.4) is 0 Å². The lowest BCUT2D eigenvalue weighted by atomic mass is 9.95. The van der Waals surface area contributed by atoms with E-state index in [9.17, 15) is 23.9 Å². The van der Waals surface area contributed by atoms with Gasteiger partial charge in [0.2, 0.25) is 0 Å².